The van der Waals surface area contributed by atoms with E-state index in [-0.39, 0.29) is 11.2 Å². The first-order valence-electron chi connectivity index (χ1n) is 6.50. The molecule has 12 nitrogen and oxygen atoms in total. The molecule has 0 aliphatic heterocycles. The lowest BCUT2D eigenvalue weighted by Gasteiger charge is -2.26. The molecule has 2 rings (SSSR count). The summed E-state index contributed by atoms with van der Waals surface area (Å²) in [6, 6.07) is 0. The average Bonchev–Trinajstić information content (AvgIpc) is 2.90. The Balaban J connectivity index is 2.75. The third kappa shape index (κ3) is 2.37. The summed E-state index contributed by atoms with van der Waals surface area (Å²) in [7, 11) is 2.72. The van der Waals surface area contributed by atoms with Crippen molar-refractivity contribution in [3.8, 4) is 0 Å². The fourth-order valence-electron chi connectivity index (χ4n) is 2.25. The predicted molar refractivity (Wildman–Crippen MR) is 76.4 cm³/mol. The summed E-state index contributed by atoms with van der Waals surface area (Å²) >= 11 is 0. The minimum absolute atomic E-state index is 0.0291. The summed E-state index contributed by atoms with van der Waals surface area (Å²) in [5.41, 5.74) is -5.32. The summed E-state index contributed by atoms with van der Waals surface area (Å²) in [6.45, 7) is -1.26. The second-order valence-electron chi connectivity index (χ2n) is 5.23. The second kappa shape index (κ2) is 5.58. The van der Waals surface area contributed by atoms with E-state index in [2.05, 4.69) is 4.98 Å². The van der Waals surface area contributed by atoms with Crippen molar-refractivity contribution in [2.24, 2.45) is 14.1 Å². The molecule has 0 aromatic carbocycles. The van der Waals surface area contributed by atoms with Gasteiger partial charge in [-0.25, -0.2) is 19.4 Å². The Morgan fingerprint density at radius 3 is 2.38 bits per heavy atom. The molecule has 4 N–H and O–H groups in total. The molecule has 2 atom stereocenters. The van der Waals surface area contributed by atoms with Crippen molar-refractivity contribution in [3.63, 3.8) is 0 Å². The van der Waals surface area contributed by atoms with Crippen molar-refractivity contribution < 1.29 is 30.0 Å². The van der Waals surface area contributed by atoms with Gasteiger partial charge in [0, 0.05) is 14.1 Å². The molecule has 0 radical (unpaired) electrons. The van der Waals surface area contributed by atoms with E-state index in [0.717, 1.165) is 4.57 Å². The fourth-order valence-corrected chi connectivity index (χ4v) is 2.25. The van der Waals surface area contributed by atoms with Gasteiger partial charge < -0.3 is 25.0 Å². The molecule has 0 saturated heterocycles. The number of aromatic nitrogens is 4. The fraction of sp³-hybridized carbons (Fsp3) is 0.417. The van der Waals surface area contributed by atoms with Gasteiger partial charge in [0.25, 0.3) is 5.56 Å². The van der Waals surface area contributed by atoms with Gasteiger partial charge in [0.05, 0.1) is 12.9 Å². The molecular formula is C12H14N4O8. The highest BCUT2D eigenvalue weighted by molar-refractivity contribution is 5.87. The van der Waals surface area contributed by atoms with Crippen LogP contribution in [-0.2, 0) is 30.2 Å². The molecule has 0 saturated carbocycles. The number of fused-ring (bicyclic) bond motifs is 1. The van der Waals surface area contributed by atoms with Gasteiger partial charge in [-0.1, -0.05) is 0 Å². The van der Waals surface area contributed by atoms with Crippen LogP contribution in [0, 0.1) is 0 Å². The Morgan fingerprint density at radius 2 is 1.88 bits per heavy atom. The first-order valence-corrected chi connectivity index (χ1v) is 6.50. The van der Waals surface area contributed by atoms with Crippen LogP contribution >= 0.6 is 0 Å². The van der Waals surface area contributed by atoms with Crippen molar-refractivity contribution in [1.29, 1.82) is 0 Å². The highest BCUT2D eigenvalue weighted by Crippen LogP contribution is 2.14. The van der Waals surface area contributed by atoms with Crippen molar-refractivity contribution in [1.82, 2.24) is 18.7 Å². The maximum Gasteiger partial charge on any atom is 0.341 e. The molecule has 0 aliphatic rings. The number of aliphatic hydroxyl groups excluding tert-OH is 1. The van der Waals surface area contributed by atoms with E-state index >= 15 is 0 Å². The maximum absolute atomic E-state index is 12.4. The van der Waals surface area contributed by atoms with Crippen molar-refractivity contribution in [2.75, 3.05) is 0 Å². The number of aliphatic hydroxyl groups is 2. The maximum atomic E-state index is 12.4. The van der Waals surface area contributed by atoms with Gasteiger partial charge in [-0.3, -0.25) is 13.9 Å². The third-order valence-electron chi connectivity index (χ3n) is 3.66. The van der Waals surface area contributed by atoms with E-state index in [1.54, 1.807) is 0 Å². The summed E-state index contributed by atoms with van der Waals surface area (Å²) in [4.78, 5) is 50.6. The molecule has 0 spiro atoms. The number of aryl methyl sites for hydroxylation is 2. The Morgan fingerprint density at radius 1 is 1.29 bits per heavy atom. The molecule has 2 aromatic heterocycles. The summed E-state index contributed by atoms with van der Waals surface area (Å²) < 4.78 is 2.55. The highest BCUT2D eigenvalue weighted by atomic mass is 16.4. The van der Waals surface area contributed by atoms with Gasteiger partial charge in [0.15, 0.2) is 17.3 Å². The van der Waals surface area contributed by atoms with Gasteiger partial charge in [-0.15, -0.1) is 0 Å². The number of carboxylic acids is 2. The van der Waals surface area contributed by atoms with Crippen LogP contribution in [0.5, 0.6) is 0 Å². The SMILES string of the molecule is Cn1cnc2c1c(=O)n(CC(O)(C(=O)O)C(O)C(=O)O)c(=O)n2C. The summed E-state index contributed by atoms with van der Waals surface area (Å²) in [6.07, 6.45) is -1.50. The molecule has 0 bridgehead atoms. The largest absolute Gasteiger partial charge is 0.479 e. The van der Waals surface area contributed by atoms with Crippen LogP contribution in [0.1, 0.15) is 0 Å². The van der Waals surface area contributed by atoms with E-state index in [1.165, 1.54) is 25.0 Å². The van der Waals surface area contributed by atoms with Gasteiger partial charge in [-0.05, 0) is 0 Å². The standard InChI is InChI=1S/C12H14N4O8/c1-14-4-13-7-5(14)8(18)16(11(23)15(7)2)3-12(24,10(21)22)6(17)9(19)20/h4,6,17,24H,3H2,1-2H3,(H,19,20)(H,21,22). The molecule has 2 aromatic rings. The van der Waals surface area contributed by atoms with Crippen molar-refractivity contribution >= 4 is 23.1 Å². The lowest BCUT2D eigenvalue weighted by atomic mass is 9.96. The zero-order valence-electron chi connectivity index (χ0n) is 12.6. The summed E-state index contributed by atoms with van der Waals surface area (Å²) in [5, 5.41) is 37.4. The van der Waals surface area contributed by atoms with Gasteiger partial charge >= 0.3 is 17.6 Å². The number of hydrogen-bond acceptors (Lipinski definition) is 7. The van der Waals surface area contributed by atoms with Crippen LogP contribution in [0.15, 0.2) is 15.9 Å². The van der Waals surface area contributed by atoms with Crippen molar-refractivity contribution in [2.45, 2.75) is 18.2 Å². The second-order valence-corrected chi connectivity index (χ2v) is 5.23. The molecular weight excluding hydrogens is 328 g/mol. The average molecular weight is 342 g/mol. The Labute approximate surface area is 132 Å². The van der Waals surface area contributed by atoms with Crippen LogP contribution in [0.3, 0.4) is 0 Å². The number of imidazole rings is 1. The normalized spacial score (nSPS) is 15.2. The molecule has 2 heterocycles. The zero-order valence-corrected chi connectivity index (χ0v) is 12.6. The van der Waals surface area contributed by atoms with E-state index in [0.29, 0.717) is 4.57 Å². The molecule has 0 amide bonds. The first kappa shape index (κ1) is 17.4. The number of nitrogens with zero attached hydrogens (tertiary/aromatic N) is 4. The van der Waals surface area contributed by atoms with Gasteiger partial charge in [-0.2, -0.15) is 0 Å². The van der Waals surface area contributed by atoms with Crippen LogP contribution < -0.4 is 11.2 Å². The van der Waals surface area contributed by atoms with Gasteiger partial charge in [0.2, 0.25) is 5.60 Å². The zero-order chi connectivity index (χ0) is 18.4. The monoisotopic (exact) mass is 342 g/mol. The molecule has 12 heteroatoms. The Kier molecular flexibility index (Phi) is 4.03. The van der Waals surface area contributed by atoms with E-state index in [4.69, 9.17) is 10.2 Å². The minimum Gasteiger partial charge on any atom is -0.479 e. The quantitative estimate of drug-likeness (QED) is 0.433. The predicted octanol–water partition coefficient (Wildman–Crippen LogP) is -3.31. The van der Waals surface area contributed by atoms with E-state index in [1.807, 2.05) is 0 Å². The molecule has 0 aliphatic carbocycles. The van der Waals surface area contributed by atoms with Gasteiger partial charge in [0.1, 0.15) is 0 Å². The first-order chi connectivity index (χ1) is 11.0. The number of aliphatic carboxylic acids is 2. The molecule has 130 valence electrons. The van der Waals surface area contributed by atoms with Crippen LogP contribution in [0.2, 0.25) is 0 Å². The van der Waals surface area contributed by atoms with E-state index < -0.39 is 41.4 Å². The van der Waals surface area contributed by atoms with Crippen LogP contribution in [0.25, 0.3) is 11.2 Å². The molecule has 0 fully saturated rings. The Bertz CT molecular complexity index is 954. The van der Waals surface area contributed by atoms with E-state index in [9.17, 15) is 29.4 Å². The Hall–Kier alpha value is -2.99. The minimum atomic E-state index is -3.28. The number of carboxylic acid groups (broad SMARTS) is 2. The van der Waals surface area contributed by atoms with Crippen LogP contribution in [-0.4, -0.2) is 62.8 Å². The topological polar surface area (TPSA) is 177 Å². The smallest absolute Gasteiger partial charge is 0.341 e. The number of rotatable bonds is 5. The molecule has 24 heavy (non-hydrogen) atoms. The summed E-state index contributed by atoms with van der Waals surface area (Å²) in [5.74, 6) is -4.12. The number of carbonyl (C=O) groups is 2. The van der Waals surface area contributed by atoms with Crippen LogP contribution in [0.4, 0.5) is 0 Å². The highest BCUT2D eigenvalue weighted by Gasteiger charge is 2.49. The third-order valence-corrected chi connectivity index (χ3v) is 3.66. The molecule has 2 unspecified atom stereocenters. The number of hydrogen-bond donors (Lipinski definition) is 4. The lowest BCUT2D eigenvalue weighted by molar-refractivity contribution is -0.185. The lowest BCUT2D eigenvalue weighted by Crippen LogP contribution is -2.59. The van der Waals surface area contributed by atoms with Crippen molar-refractivity contribution in [3.05, 3.63) is 27.2 Å².